The van der Waals surface area contributed by atoms with Crippen molar-refractivity contribution in [3.63, 3.8) is 0 Å². The van der Waals surface area contributed by atoms with Gasteiger partial charge >= 0.3 is 0 Å². The highest BCUT2D eigenvalue weighted by molar-refractivity contribution is 5.72. The quantitative estimate of drug-likeness (QED) is 0.715. The van der Waals surface area contributed by atoms with Crippen molar-refractivity contribution in [1.82, 2.24) is 15.0 Å². The van der Waals surface area contributed by atoms with Gasteiger partial charge < -0.3 is 9.32 Å². The molecule has 0 bridgehead atoms. The third-order valence-electron chi connectivity index (χ3n) is 3.87. The molecule has 2 aromatic heterocycles. The molecule has 6 heteroatoms. The van der Waals surface area contributed by atoms with Crippen LogP contribution in [0.3, 0.4) is 0 Å². The molecular weight excluding hydrogens is 302 g/mol. The largest absolute Gasteiger partial charge is 0.439 e. The van der Waals surface area contributed by atoms with Crippen molar-refractivity contribution in [3.8, 4) is 6.07 Å². The molecule has 0 radical (unpaired) electrons. The molecule has 2 heterocycles. The second kappa shape index (κ2) is 6.67. The molecule has 122 valence electrons. The highest BCUT2D eigenvalue weighted by Crippen LogP contribution is 2.26. The van der Waals surface area contributed by atoms with E-state index in [1.165, 1.54) is 0 Å². The van der Waals surface area contributed by atoms with E-state index in [-0.39, 0.29) is 6.04 Å². The van der Waals surface area contributed by atoms with E-state index in [1.54, 1.807) is 12.3 Å². The maximum Gasteiger partial charge on any atom is 0.225 e. The summed E-state index contributed by atoms with van der Waals surface area (Å²) in [5, 5.41) is 9.63. The second-order valence-corrected chi connectivity index (χ2v) is 5.74. The van der Waals surface area contributed by atoms with Crippen molar-refractivity contribution < 1.29 is 4.42 Å². The van der Waals surface area contributed by atoms with Crippen LogP contribution in [-0.4, -0.2) is 27.5 Å². The van der Waals surface area contributed by atoms with E-state index in [2.05, 4.69) is 46.7 Å². The van der Waals surface area contributed by atoms with Gasteiger partial charge in [-0.25, -0.2) is 15.0 Å². The predicted octanol–water partition coefficient (Wildman–Crippen LogP) is 3.51. The summed E-state index contributed by atoms with van der Waals surface area (Å²) in [6.07, 6.45) is 1.68. The molecule has 0 aliphatic heterocycles. The van der Waals surface area contributed by atoms with E-state index in [0.29, 0.717) is 23.1 Å². The van der Waals surface area contributed by atoms with Crippen molar-refractivity contribution in [2.45, 2.75) is 32.7 Å². The van der Waals surface area contributed by atoms with Crippen LogP contribution < -0.4 is 4.90 Å². The minimum absolute atomic E-state index is 0.273. The van der Waals surface area contributed by atoms with Gasteiger partial charge in [0.25, 0.3) is 0 Å². The molecule has 0 saturated heterocycles. The first kappa shape index (κ1) is 15.9. The van der Waals surface area contributed by atoms with Crippen molar-refractivity contribution >= 4 is 17.0 Å². The summed E-state index contributed by atoms with van der Waals surface area (Å²) < 4.78 is 5.74. The normalized spacial score (nSPS) is 12.3. The van der Waals surface area contributed by atoms with E-state index in [4.69, 9.17) is 4.42 Å². The first-order valence-electron chi connectivity index (χ1n) is 7.98. The number of rotatable bonds is 5. The van der Waals surface area contributed by atoms with Gasteiger partial charge in [0.15, 0.2) is 11.5 Å². The van der Waals surface area contributed by atoms with Gasteiger partial charge in [0, 0.05) is 18.8 Å². The zero-order valence-electron chi connectivity index (χ0n) is 14.0. The van der Waals surface area contributed by atoms with Crippen molar-refractivity contribution in [3.05, 3.63) is 48.1 Å². The van der Waals surface area contributed by atoms with Gasteiger partial charge in [0.1, 0.15) is 5.52 Å². The molecule has 3 rings (SSSR count). The molecule has 0 N–H and O–H groups in total. The lowest BCUT2D eigenvalue weighted by molar-refractivity contribution is 0.525. The first-order valence-corrected chi connectivity index (χ1v) is 7.98. The minimum Gasteiger partial charge on any atom is -0.439 e. The van der Waals surface area contributed by atoms with Crippen LogP contribution in [0.5, 0.6) is 0 Å². The van der Waals surface area contributed by atoms with E-state index in [9.17, 15) is 5.26 Å². The molecule has 0 aliphatic rings. The average molecular weight is 321 g/mol. The number of anilines is 1. The Hall–Kier alpha value is -2.94. The van der Waals surface area contributed by atoms with Gasteiger partial charge in [0.05, 0.1) is 11.8 Å². The van der Waals surface area contributed by atoms with Crippen molar-refractivity contribution in [1.29, 1.82) is 5.26 Å². The van der Waals surface area contributed by atoms with Crippen LogP contribution in [0.15, 0.2) is 40.9 Å². The Morgan fingerprint density at radius 1 is 1.21 bits per heavy atom. The first-order chi connectivity index (χ1) is 11.6. The van der Waals surface area contributed by atoms with Crippen LogP contribution in [0.2, 0.25) is 0 Å². The molecule has 0 saturated carbocycles. The van der Waals surface area contributed by atoms with Crippen LogP contribution >= 0.6 is 0 Å². The van der Waals surface area contributed by atoms with Crippen LogP contribution in [-0.2, 0) is 0 Å². The summed E-state index contributed by atoms with van der Waals surface area (Å²) in [7, 11) is 0. The Morgan fingerprint density at radius 2 is 2.00 bits per heavy atom. The fraction of sp³-hybridized carbons (Fsp3) is 0.333. The van der Waals surface area contributed by atoms with E-state index in [0.717, 1.165) is 12.1 Å². The number of benzene rings is 1. The third kappa shape index (κ3) is 2.93. The number of nitrogens with zero attached hydrogens (tertiary/aromatic N) is 5. The molecule has 24 heavy (non-hydrogen) atoms. The lowest BCUT2D eigenvalue weighted by atomic mass is 10.1. The molecule has 0 aliphatic carbocycles. The Kier molecular flexibility index (Phi) is 4.43. The fourth-order valence-corrected chi connectivity index (χ4v) is 2.66. The lowest BCUT2D eigenvalue weighted by Gasteiger charge is -2.25. The number of hydrogen-bond donors (Lipinski definition) is 0. The van der Waals surface area contributed by atoms with E-state index >= 15 is 0 Å². The van der Waals surface area contributed by atoms with Crippen LogP contribution in [0.1, 0.15) is 38.3 Å². The monoisotopic (exact) mass is 321 g/mol. The summed E-state index contributed by atoms with van der Waals surface area (Å²) in [6, 6.07) is 11.7. The lowest BCUT2D eigenvalue weighted by Crippen LogP contribution is -2.32. The van der Waals surface area contributed by atoms with Crippen LogP contribution in [0, 0.1) is 11.3 Å². The van der Waals surface area contributed by atoms with Crippen LogP contribution in [0.25, 0.3) is 11.1 Å². The Bertz CT molecular complexity index is 847. The molecule has 0 spiro atoms. The van der Waals surface area contributed by atoms with Gasteiger partial charge in [-0.15, -0.1) is 0 Å². The van der Waals surface area contributed by atoms with Crippen molar-refractivity contribution in [2.75, 3.05) is 11.4 Å². The molecule has 0 amide bonds. The van der Waals surface area contributed by atoms with Gasteiger partial charge in [-0.3, -0.25) is 0 Å². The second-order valence-electron chi connectivity index (χ2n) is 5.74. The molecule has 1 atom stereocenters. The van der Waals surface area contributed by atoms with Gasteiger partial charge in [0.2, 0.25) is 11.8 Å². The topological polar surface area (TPSA) is 78.8 Å². The summed E-state index contributed by atoms with van der Waals surface area (Å²) in [6.45, 7) is 7.02. The maximum atomic E-state index is 9.63. The summed E-state index contributed by atoms with van der Waals surface area (Å²) >= 11 is 0. The number of nitriles is 1. The third-order valence-corrected chi connectivity index (χ3v) is 3.87. The van der Waals surface area contributed by atoms with Gasteiger partial charge in [-0.2, -0.15) is 5.26 Å². The summed E-state index contributed by atoms with van der Waals surface area (Å²) in [5.41, 5.74) is 1.99. The highest BCUT2D eigenvalue weighted by atomic mass is 16.3. The van der Waals surface area contributed by atoms with Crippen molar-refractivity contribution in [2.24, 2.45) is 0 Å². The molecule has 3 aromatic rings. The SMILES string of the molecule is CCN(c1nccc(C(C#N)c2nc3ccccc3o2)n1)C(C)C. The number of oxazole rings is 1. The number of hydrogen-bond acceptors (Lipinski definition) is 6. The van der Waals surface area contributed by atoms with Gasteiger partial charge in [-0.05, 0) is 39.0 Å². The minimum atomic E-state index is -0.662. The Labute approximate surface area is 140 Å². The Morgan fingerprint density at radius 3 is 2.67 bits per heavy atom. The number of aromatic nitrogens is 3. The molecule has 1 aromatic carbocycles. The smallest absolute Gasteiger partial charge is 0.225 e. The molecule has 1 unspecified atom stereocenters. The number of para-hydroxylation sites is 2. The van der Waals surface area contributed by atoms with E-state index < -0.39 is 5.92 Å². The summed E-state index contributed by atoms with van der Waals surface area (Å²) in [4.78, 5) is 15.4. The number of fused-ring (bicyclic) bond motifs is 1. The van der Waals surface area contributed by atoms with Gasteiger partial charge in [-0.1, -0.05) is 12.1 Å². The zero-order valence-corrected chi connectivity index (χ0v) is 14.0. The Balaban J connectivity index is 2.01. The predicted molar refractivity (Wildman–Crippen MR) is 91.7 cm³/mol. The zero-order chi connectivity index (χ0) is 17.1. The van der Waals surface area contributed by atoms with E-state index in [1.807, 2.05) is 24.3 Å². The molecular formula is C18H19N5O. The van der Waals surface area contributed by atoms with Crippen LogP contribution in [0.4, 0.5) is 5.95 Å². The highest BCUT2D eigenvalue weighted by Gasteiger charge is 2.23. The fourth-order valence-electron chi connectivity index (χ4n) is 2.66. The molecule has 0 fully saturated rings. The molecule has 6 nitrogen and oxygen atoms in total. The standard InChI is InChI=1S/C18H19N5O/c1-4-23(12(2)3)18-20-10-9-14(22-18)13(11-19)17-21-15-7-5-6-8-16(15)24-17/h5-10,12-13H,4H2,1-3H3. The average Bonchev–Trinajstić information content (AvgIpc) is 3.00. The maximum absolute atomic E-state index is 9.63. The summed E-state index contributed by atoms with van der Waals surface area (Å²) in [5.74, 6) is 0.308.